The van der Waals surface area contributed by atoms with Crippen molar-refractivity contribution in [1.29, 1.82) is 0 Å². The third kappa shape index (κ3) is 4.35. The third-order valence-electron chi connectivity index (χ3n) is 4.44. The van der Waals surface area contributed by atoms with Crippen molar-refractivity contribution in [3.8, 4) is 11.5 Å². The van der Waals surface area contributed by atoms with Crippen molar-refractivity contribution >= 4 is 5.91 Å². The Morgan fingerprint density at radius 1 is 1.04 bits per heavy atom. The van der Waals surface area contributed by atoms with Crippen LogP contribution in [0.25, 0.3) is 0 Å². The van der Waals surface area contributed by atoms with Crippen LogP contribution in [0.2, 0.25) is 0 Å². The summed E-state index contributed by atoms with van der Waals surface area (Å²) in [5.74, 6) is -0.681. The normalized spacial score (nSPS) is 15.7. The molecule has 0 radical (unpaired) electrons. The number of fused-ring (bicyclic) bond motifs is 1. The van der Waals surface area contributed by atoms with Crippen LogP contribution in [0.3, 0.4) is 0 Å². The summed E-state index contributed by atoms with van der Waals surface area (Å²) in [6.45, 7) is 2.39. The molecule has 0 aliphatic carbocycles. The summed E-state index contributed by atoms with van der Waals surface area (Å²) < 4.78 is 51.8. The Bertz CT molecular complexity index is 793. The minimum Gasteiger partial charge on any atom is -0.486 e. The molecule has 27 heavy (non-hydrogen) atoms. The molecule has 1 aliphatic rings. The van der Waals surface area contributed by atoms with E-state index in [4.69, 9.17) is 9.47 Å². The van der Waals surface area contributed by atoms with Gasteiger partial charge < -0.3 is 14.8 Å². The number of benzene rings is 2. The van der Waals surface area contributed by atoms with Crippen LogP contribution in [0.5, 0.6) is 11.5 Å². The Kier molecular flexibility index (Phi) is 5.58. The summed E-state index contributed by atoms with van der Waals surface area (Å²) >= 11 is 0. The maximum absolute atomic E-state index is 13.7. The van der Waals surface area contributed by atoms with Crippen LogP contribution in [0.1, 0.15) is 36.4 Å². The number of carbonyl (C=O) groups is 1. The first-order valence-electron chi connectivity index (χ1n) is 8.71. The second kappa shape index (κ2) is 7.90. The molecule has 3 rings (SSSR count). The van der Waals surface area contributed by atoms with E-state index in [-0.39, 0.29) is 17.9 Å². The fraction of sp³-hybridized carbons (Fsp3) is 0.350. The van der Waals surface area contributed by atoms with Crippen LogP contribution in [0.15, 0.2) is 48.5 Å². The van der Waals surface area contributed by atoms with Gasteiger partial charge >= 0.3 is 6.18 Å². The molecule has 2 aromatic carbocycles. The molecule has 0 unspecified atom stereocenters. The maximum atomic E-state index is 13.7. The number of hydrogen-bond acceptors (Lipinski definition) is 3. The predicted molar refractivity (Wildman–Crippen MR) is 93.8 cm³/mol. The predicted octanol–water partition coefficient (Wildman–Crippen LogP) is 4.37. The Balaban J connectivity index is 1.86. The molecule has 1 amide bonds. The topological polar surface area (TPSA) is 47.6 Å². The van der Waals surface area contributed by atoms with E-state index in [1.807, 2.05) is 0 Å². The average Bonchev–Trinajstić information content (AvgIpc) is 2.66. The van der Waals surface area contributed by atoms with E-state index in [1.165, 1.54) is 18.2 Å². The van der Waals surface area contributed by atoms with Crippen LogP contribution in [0.4, 0.5) is 13.2 Å². The Hall–Kier alpha value is -2.70. The number of alkyl halides is 3. The van der Waals surface area contributed by atoms with Gasteiger partial charge in [0.15, 0.2) is 17.5 Å². The van der Waals surface area contributed by atoms with Crippen molar-refractivity contribution in [2.24, 2.45) is 0 Å². The average molecular weight is 379 g/mol. The zero-order chi connectivity index (χ0) is 19.4. The van der Waals surface area contributed by atoms with E-state index in [1.54, 1.807) is 37.3 Å². The zero-order valence-electron chi connectivity index (χ0n) is 14.8. The minimum absolute atomic E-state index is 0.0944. The molecule has 2 atom stereocenters. The lowest BCUT2D eigenvalue weighted by Gasteiger charge is -2.26. The van der Waals surface area contributed by atoms with Gasteiger partial charge in [0, 0.05) is 0 Å². The second-order valence-corrected chi connectivity index (χ2v) is 6.26. The summed E-state index contributed by atoms with van der Waals surface area (Å²) in [7, 11) is 0. The maximum Gasteiger partial charge on any atom is 0.412 e. The summed E-state index contributed by atoms with van der Waals surface area (Å²) in [6, 6.07) is 10.7. The number of hydrogen-bond donors (Lipinski definition) is 1. The van der Waals surface area contributed by atoms with Gasteiger partial charge in [-0.2, -0.15) is 13.2 Å². The van der Waals surface area contributed by atoms with Gasteiger partial charge in [-0.25, -0.2) is 0 Å². The van der Waals surface area contributed by atoms with Crippen molar-refractivity contribution in [2.75, 3.05) is 13.2 Å². The van der Waals surface area contributed by atoms with Crippen LogP contribution < -0.4 is 14.8 Å². The van der Waals surface area contributed by atoms with Crippen molar-refractivity contribution in [3.05, 3.63) is 59.7 Å². The number of nitrogens with one attached hydrogen (secondary N) is 1. The molecule has 0 fully saturated rings. The minimum atomic E-state index is -4.64. The molecule has 0 bridgehead atoms. The molecule has 4 nitrogen and oxygen atoms in total. The first-order chi connectivity index (χ1) is 12.9. The number of rotatable bonds is 5. The lowest BCUT2D eigenvalue weighted by Crippen LogP contribution is -2.40. The van der Waals surface area contributed by atoms with Crippen LogP contribution >= 0.6 is 0 Å². The van der Waals surface area contributed by atoms with E-state index in [9.17, 15) is 18.0 Å². The number of amides is 1. The highest BCUT2D eigenvalue weighted by molar-refractivity contribution is 5.84. The molecule has 1 heterocycles. The summed E-state index contributed by atoms with van der Waals surface area (Å²) in [5, 5.41) is 2.17. The molecule has 0 saturated heterocycles. The van der Waals surface area contributed by atoms with Gasteiger partial charge in [-0.05, 0) is 29.7 Å². The first kappa shape index (κ1) is 19.1. The van der Waals surface area contributed by atoms with Gasteiger partial charge in [0.1, 0.15) is 13.2 Å². The van der Waals surface area contributed by atoms with Crippen LogP contribution in [0, 0.1) is 0 Å². The fourth-order valence-corrected chi connectivity index (χ4v) is 3.09. The molecule has 0 spiro atoms. The Morgan fingerprint density at radius 3 is 2.33 bits per heavy atom. The molecule has 1 N–H and O–H groups in total. The van der Waals surface area contributed by atoms with Crippen molar-refractivity contribution in [2.45, 2.75) is 31.5 Å². The van der Waals surface area contributed by atoms with Gasteiger partial charge in [0.05, 0.1) is 5.92 Å². The zero-order valence-corrected chi connectivity index (χ0v) is 14.8. The fourth-order valence-electron chi connectivity index (χ4n) is 3.09. The van der Waals surface area contributed by atoms with E-state index >= 15 is 0 Å². The number of halogens is 3. The highest BCUT2D eigenvalue weighted by atomic mass is 19.4. The van der Waals surface area contributed by atoms with E-state index in [2.05, 4.69) is 5.32 Å². The highest BCUT2D eigenvalue weighted by Gasteiger charge is 2.43. The molecule has 7 heteroatoms. The molecular weight excluding hydrogens is 359 g/mol. The smallest absolute Gasteiger partial charge is 0.412 e. The van der Waals surface area contributed by atoms with Gasteiger partial charge in [0.25, 0.3) is 0 Å². The van der Waals surface area contributed by atoms with Crippen LogP contribution in [-0.2, 0) is 4.79 Å². The van der Waals surface area contributed by atoms with E-state index in [0.29, 0.717) is 24.3 Å². The lowest BCUT2D eigenvalue weighted by atomic mass is 9.94. The lowest BCUT2D eigenvalue weighted by molar-refractivity contribution is -0.164. The standard InChI is InChI=1S/C20H20F3NO3/c1-2-15(13-6-4-3-5-7-13)19(25)24-18(20(21,22)23)14-8-9-16-17(12-14)27-11-10-26-16/h3-9,12,15,18H,2,10-11H2,1H3,(H,24,25)/t15-,18-/m1/s1. The number of carbonyl (C=O) groups excluding carboxylic acids is 1. The largest absolute Gasteiger partial charge is 0.486 e. The van der Waals surface area contributed by atoms with Crippen molar-refractivity contribution < 1.29 is 27.4 Å². The van der Waals surface area contributed by atoms with Crippen molar-refractivity contribution in [1.82, 2.24) is 5.32 Å². The SMILES string of the molecule is CC[C@@H](C(=O)N[C@H](c1ccc2c(c1)OCCO2)C(F)(F)F)c1ccccc1. The highest BCUT2D eigenvalue weighted by Crippen LogP contribution is 2.38. The first-order valence-corrected chi connectivity index (χ1v) is 8.71. The van der Waals surface area contributed by atoms with Crippen LogP contribution in [-0.4, -0.2) is 25.3 Å². The van der Waals surface area contributed by atoms with Gasteiger partial charge in [-0.3, -0.25) is 4.79 Å². The monoisotopic (exact) mass is 379 g/mol. The van der Waals surface area contributed by atoms with Crippen molar-refractivity contribution in [3.63, 3.8) is 0 Å². The van der Waals surface area contributed by atoms with Gasteiger partial charge in [-0.1, -0.05) is 43.3 Å². The third-order valence-corrected chi connectivity index (χ3v) is 4.44. The Morgan fingerprint density at radius 2 is 1.70 bits per heavy atom. The quantitative estimate of drug-likeness (QED) is 0.839. The molecule has 1 aliphatic heterocycles. The Labute approximate surface area is 155 Å². The van der Waals surface area contributed by atoms with E-state index < -0.39 is 24.0 Å². The van der Waals surface area contributed by atoms with Gasteiger partial charge in [-0.15, -0.1) is 0 Å². The van der Waals surface area contributed by atoms with Gasteiger partial charge in [0.2, 0.25) is 5.91 Å². The molecule has 0 aromatic heterocycles. The molecule has 0 saturated carbocycles. The molecule has 144 valence electrons. The molecule has 2 aromatic rings. The number of ether oxygens (including phenoxy) is 2. The second-order valence-electron chi connectivity index (χ2n) is 6.26. The summed E-state index contributed by atoms with van der Waals surface area (Å²) in [5.41, 5.74) is 0.587. The molecular formula is C20H20F3NO3. The summed E-state index contributed by atoms with van der Waals surface area (Å²) in [6.07, 6.45) is -4.25. The van der Waals surface area contributed by atoms with E-state index in [0.717, 1.165) is 0 Å². The summed E-state index contributed by atoms with van der Waals surface area (Å²) in [4.78, 5) is 12.6.